The van der Waals surface area contributed by atoms with Gasteiger partial charge in [-0.25, -0.2) is 0 Å². The smallest absolute Gasteiger partial charge is 0.0343 e. The lowest BCUT2D eigenvalue weighted by atomic mass is 10.1. The van der Waals surface area contributed by atoms with E-state index in [2.05, 4.69) is 37.4 Å². The molecule has 0 amide bonds. The Morgan fingerprint density at radius 2 is 2.17 bits per heavy atom. The Morgan fingerprint density at radius 1 is 1.42 bits per heavy atom. The van der Waals surface area contributed by atoms with E-state index in [0.717, 1.165) is 12.2 Å². The number of rotatable bonds is 3. The number of nitrogens with one attached hydrogen (secondary N) is 1. The van der Waals surface area contributed by atoms with Gasteiger partial charge in [0.25, 0.3) is 0 Å². The summed E-state index contributed by atoms with van der Waals surface area (Å²) in [6.07, 6.45) is 0. The third-order valence-corrected chi connectivity index (χ3v) is 1.95. The van der Waals surface area contributed by atoms with Gasteiger partial charge in [0.15, 0.2) is 0 Å². The Hall–Kier alpha value is -1.02. The van der Waals surface area contributed by atoms with Crippen molar-refractivity contribution in [1.29, 1.82) is 0 Å². The number of hydrogen-bond acceptors (Lipinski definition) is 2. The average Bonchev–Trinajstić information content (AvgIpc) is 2.09. The maximum Gasteiger partial charge on any atom is 0.0343 e. The molecule has 1 aromatic rings. The van der Waals surface area contributed by atoms with Crippen molar-refractivity contribution in [2.24, 2.45) is 5.73 Å². The van der Waals surface area contributed by atoms with Crippen molar-refractivity contribution in [1.82, 2.24) is 0 Å². The molecular weight excluding hydrogens is 148 g/mol. The highest BCUT2D eigenvalue weighted by molar-refractivity contribution is 5.48. The first-order valence-corrected chi connectivity index (χ1v) is 4.31. The van der Waals surface area contributed by atoms with Crippen LogP contribution in [0.1, 0.15) is 18.1 Å². The first kappa shape index (κ1) is 9.07. The van der Waals surface area contributed by atoms with E-state index in [4.69, 9.17) is 5.73 Å². The van der Waals surface area contributed by atoms with Gasteiger partial charge in [-0.1, -0.05) is 6.07 Å². The minimum atomic E-state index is 0.616. The van der Waals surface area contributed by atoms with Crippen molar-refractivity contribution < 1.29 is 0 Å². The molecule has 0 aliphatic carbocycles. The summed E-state index contributed by atoms with van der Waals surface area (Å²) >= 11 is 0. The molecule has 0 saturated heterocycles. The molecule has 0 aromatic heterocycles. The highest BCUT2D eigenvalue weighted by atomic mass is 14.8. The van der Waals surface area contributed by atoms with Crippen molar-refractivity contribution in [2.45, 2.75) is 20.4 Å². The lowest BCUT2D eigenvalue weighted by Gasteiger charge is -2.07. The quantitative estimate of drug-likeness (QED) is 0.716. The van der Waals surface area contributed by atoms with E-state index in [1.54, 1.807) is 0 Å². The highest BCUT2D eigenvalue weighted by Crippen LogP contribution is 2.14. The molecule has 3 N–H and O–H groups in total. The summed E-state index contributed by atoms with van der Waals surface area (Å²) in [5.74, 6) is 0. The van der Waals surface area contributed by atoms with Crippen LogP contribution in [0.25, 0.3) is 0 Å². The zero-order valence-electron chi connectivity index (χ0n) is 7.72. The largest absolute Gasteiger partial charge is 0.385 e. The van der Waals surface area contributed by atoms with Crippen LogP contribution in [0.2, 0.25) is 0 Å². The van der Waals surface area contributed by atoms with Gasteiger partial charge in [0, 0.05) is 18.8 Å². The molecule has 0 saturated carbocycles. The second-order valence-electron chi connectivity index (χ2n) is 2.88. The lowest BCUT2D eigenvalue weighted by Crippen LogP contribution is -2.02. The van der Waals surface area contributed by atoms with Crippen molar-refractivity contribution >= 4 is 5.69 Å². The minimum absolute atomic E-state index is 0.616. The van der Waals surface area contributed by atoms with Crippen molar-refractivity contribution in [3.63, 3.8) is 0 Å². The van der Waals surface area contributed by atoms with Crippen LogP contribution in [-0.2, 0) is 6.54 Å². The Labute approximate surface area is 73.8 Å². The van der Waals surface area contributed by atoms with E-state index in [9.17, 15) is 0 Å². The van der Waals surface area contributed by atoms with Gasteiger partial charge in [-0.3, -0.25) is 0 Å². The van der Waals surface area contributed by atoms with Gasteiger partial charge < -0.3 is 11.1 Å². The van der Waals surface area contributed by atoms with Crippen LogP contribution < -0.4 is 11.1 Å². The van der Waals surface area contributed by atoms with Gasteiger partial charge in [-0.05, 0) is 37.1 Å². The first-order valence-electron chi connectivity index (χ1n) is 4.31. The van der Waals surface area contributed by atoms with Crippen LogP contribution >= 0.6 is 0 Å². The van der Waals surface area contributed by atoms with Gasteiger partial charge in [-0.2, -0.15) is 0 Å². The van der Waals surface area contributed by atoms with Crippen LogP contribution in [0.3, 0.4) is 0 Å². The predicted molar refractivity (Wildman–Crippen MR) is 53.2 cm³/mol. The van der Waals surface area contributed by atoms with E-state index in [1.165, 1.54) is 11.1 Å². The van der Waals surface area contributed by atoms with E-state index in [-0.39, 0.29) is 0 Å². The number of nitrogens with two attached hydrogens (primary N) is 1. The van der Waals surface area contributed by atoms with Crippen LogP contribution in [0.15, 0.2) is 18.2 Å². The van der Waals surface area contributed by atoms with E-state index in [1.807, 2.05) is 0 Å². The molecule has 0 spiro atoms. The van der Waals surface area contributed by atoms with Crippen LogP contribution in [-0.4, -0.2) is 6.54 Å². The van der Waals surface area contributed by atoms with Crippen molar-refractivity contribution in [3.05, 3.63) is 29.3 Å². The standard InChI is InChI=1S/C10H16N2/c1-3-12-10-5-4-8(2)9(6-10)7-11/h4-6,12H,3,7,11H2,1-2H3. The summed E-state index contributed by atoms with van der Waals surface area (Å²) in [7, 11) is 0. The SMILES string of the molecule is CCNc1ccc(C)c(CN)c1. The van der Waals surface area contributed by atoms with Crippen molar-refractivity contribution in [2.75, 3.05) is 11.9 Å². The number of aryl methyl sites for hydroxylation is 1. The number of hydrogen-bond donors (Lipinski definition) is 2. The fraction of sp³-hybridized carbons (Fsp3) is 0.400. The Balaban J connectivity index is 2.89. The number of benzene rings is 1. The molecule has 0 aliphatic rings. The molecule has 1 rings (SSSR count). The molecule has 0 heterocycles. The Bertz CT molecular complexity index is 256. The van der Waals surface area contributed by atoms with Crippen LogP contribution in [0.5, 0.6) is 0 Å². The third-order valence-electron chi connectivity index (χ3n) is 1.95. The summed E-state index contributed by atoms with van der Waals surface area (Å²) in [6, 6.07) is 6.29. The Morgan fingerprint density at radius 3 is 2.75 bits per heavy atom. The molecule has 2 heteroatoms. The molecule has 0 radical (unpaired) electrons. The van der Waals surface area contributed by atoms with Crippen LogP contribution in [0, 0.1) is 6.92 Å². The molecule has 0 atom stereocenters. The highest BCUT2D eigenvalue weighted by Gasteiger charge is 1.96. The summed E-state index contributed by atoms with van der Waals surface area (Å²) in [4.78, 5) is 0. The molecular formula is C10H16N2. The van der Waals surface area contributed by atoms with E-state index >= 15 is 0 Å². The van der Waals surface area contributed by atoms with Gasteiger partial charge >= 0.3 is 0 Å². The summed E-state index contributed by atoms with van der Waals surface area (Å²) in [6.45, 7) is 5.73. The molecule has 1 aromatic carbocycles. The monoisotopic (exact) mass is 164 g/mol. The predicted octanol–water partition coefficient (Wildman–Crippen LogP) is 1.89. The minimum Gasteiger partial charge on any atom is -0.385 e. The zero-order chi connectivity index (χ0) is 8.97. The zero-order valence-corrected chi connectivity index (χ0v) is 7.72. The third kappa shape index (κ3) is 1.98. The van der Waals surface area contributed by atoms with Gasteiger partial charge in [-0.15, -0.1) is 0 Å². The number of anilines is 1. The second kappa shape index (κ2) is 4.12. The molecule has 0 unspecified atom stereocenters. The molecule has 0 fully saturated rings. The molecule has 0 bridgehead atoms. The first-order chi connectivity index (χ1) is 5.77. The fourth-order valence-corrected chi connectivity index (χ4v) is 1.21. The van der Waals surface area contributed by atoms with E-state index in [0.29, 0.717) is 6.54 Å². The summed E-state index contributed by atoms with van der Waals surface area (Å²) in [5.41, 5.74) is 9.22. The molecule has 12 heavy (non-hydrogen) atoms. The van der Waals surface area contributed by atoms with Crippen molar-refractivity contribution in [3.8, 4) is 0 Å². The fourth-order valence-electron chi connectivity index (χ4n) is 1.21. The normalized spacial score (nSPS) is 9.92. The average molecular weight is 164 g/mol. The maximum absolute atomic E-state index is 5.59. The summed E-state index contributed by atoms with van der Waals surface area (Å²) in [5, 5.41) is 3.25. The molecule has 66 valence electrons. The van der Waals surface area contributed by atoms with Gasteiger partial charge in [0.1, 0.15) is 0 Å². The van der Waals surface area contributed by atoms with Crippen LogP contribution in [0.4, 0.5) is 5.69 Å². The van der Waals surface area contributed by atoms with Gasteiger partial charge in [0.05, 0.1) is 0 Å². The second-order valence-corrected chi connectivity index (χ2v) is 2.88. The molecule has 0 aliphatic heterocycles. The van der Waals surface area contributed by atoms with Gasteiger partial charge in [0.2, 0.25) is 0 Å². The lowest BCUT2D eigenvalue weighted by molar-refractivity contribution is 1.05. The summed E-state index contributed by atoms with van der Waals surface area (Å²) < 4.78 is 0. The Kier molecular flexibility index (Phi) is 3.11. The van der Waals surface area contributed by atoms with E-state index < -0.39 is 0 Å². The molecule has 2 nitrogen and oxygen atoms in total. The topological polar surface area (TPSA) is 38.0 Å². The maximum atomic E-state index is 5.59.